The molecule has 0 spiro atoms. The second-order valence-corrected chi connectivity index (χ2v) is 3.10. The molecule has 4 heteroatoms. The van der Waals surface area contributed by atoms with Crippen LogP contribution < -0.4 is 0 Å². The molecule has 13 heavy (non-hydrogen) atoms. The van der Waals surface area contributed by atoms with Gasteiger partial charge in [-0.2, -0.15) is 0 Å². The van der Waals surface area contributed by atoms with Crippen molar-refractivity contribution in [3.8, 4) is 5.75 Å². The first-order valence-electron chi connectivity index (χ1n) is 3.59. The largest absolute Gasteiger partial charge is 0.508 e. The predicted octanol–water partition coefficient (Wildman–Crippen LogP) is 2.21. The molecule has 1 rings (SSSR count). The molecule has 1 aromatic rings. The topological polar surface area (TPSA) is 57.5 Å². The maximum Gasteiger partial charge on any atom is 0.300 e. The van der Waals surface area contributed by atoms with E-state index in [1.807, 2.05) is 18.4 Å². The van der Waals surface area contributed by atoms with Crippen molar-refractivity contribution in [1.29, 1.82) is 0 Å². The molecule has 0 amide bonds. The van der Waals surface area contributed by atoms with Gasteiger partial charge in [-0.25, -0.2) is 0 Å². The summed E-state index contributed by atoms with van der Waals surface area (Å²) in [5, 5.41) is 16.3. The Labute approximate surface area is 81.4 Å². The molecule has 0 heterocycles. The van der Waals surface area contributed by atoms with Crippen molar-refractivity contribution in [2.24, 2.45) is 0 Å². The maximum absolute atomic E-state index is 9.00. The smallest absolute Gasteiger partial charge is 0.300 e. The standard InChI is InChI=1S/C7H8OS.C2H4O2/c1-9-7-4-2-6(8)3-5-7;1-2(3)4/h2-5,8H,1H3;1H3,(H,3,4). The van der Waals surface area contributed by atoms with Crippen LogP contribution in [-0.2, 0) is 4.79 Å². The van der Waals surface area contributed by atoms with Crippen molar-refractivity contribution in [3.05, 3.63) is 24.3 Å². The number of hydrogen-bond donors (Lipinski definition) is 2. The van der Waals surface area contributed by atoms with Gasteiger partial charge in [-0.1, -0.05) is 0 Å². The molecule has 0 saturated heterocycles. The van der Waals surface area contributed by atoms with Crippen LogP contribution in [0.2, 0.25) is 0 Å². The van der Waals surface area contributed by atoms with Gasteiger partial charge in [-0.15, -0.1) is 11.8 Å². The number of carbonyl (C=O) groups is 1. The van der Waals surface area contributed by atoms with Gasteiger partial charge in [0.2, 0.25) is 0 Å². The molecule has 0 aromatic heterocycles. The molecular weight excluding hydrogens is 188 g/mol. The normalized spacial score (nSPS) is 8.46. The Morgan fingerprint density at radius 1 is 1.31 bits per heavy atom. The van der Waals surface area contributed by atoms with Crippen molar-refractivity contribution >= 4 is 17.7 Å². The summed E-state index contributed by atoms with van der Waals surface area (Å²) >= 11 is 1.67. The van der Waals surface area contributed by atoms with Gasteiger partial charge in [0.25, 0.3) is 5.97 Å². The lowest BCUT2D eigenvalue weighted by atomic mass is 10.3. The van der Waals surface area contributed by atoms with Gasteiger partial charge in [-0.3, -0.25) is 4.79 Å². The lowest BCUT2D eigenvalue weighted by Crippen LogP contribution is -1.78. The quantitative estimate of drug-likeness (QED) is 0.682. The maximum atomic E-state index is 9.00. The Hall–Kier alpha value is -1.16. The third-order valence-electron chi connectivity index (χ3n) is 1.07. The molecule has 0 aliphatic rings. The molecule has 2 N–H and O–H groups in total. The van der Waals surface area contributed by atoms with Crippen molar-refractivity contribution in [2.75, 3.05) is 6.26 Å². The number of aliphatic carboxylic acids is 1. The zero-order valence-electron chi connectivity index (χ0n) is 7.52. The first-order valence-corrected chi connectivity index (χ1v) is 4.81. The number of aromatic hydroxyl groups is 1. The Bertz CT molecular complexity index is 252. The fourth-order valence-corrected chi connectivity index (χ4v) is 0.990. The van der Waals surface area contributed by atoms with Gasteiger partial charge in [0.15, 0.2) is 0 Å². The minimum atomic E-state index is -0.833. The highest BCUT2D eigenvalue weighted by Gasteiger charge is 1.87. The zero-order valence-corrected chi connectivity index (χ0v) is 8.34. The molecule has 0 bridgehead atoms. The molecule has 3 nitrogen and oxygen atoms in total. The summed E-state index contributed by atoms with van der Waals surface area (Å²) in [6.45, 7) is 1.08. The minimum absolute atomic E-state index is 0.327. The minimum Gasteiger partial charge on any atom is -0.508 e. The molecule has 0 aliphatic carbocycles. The molecule has 0 atom stereocenters. The summed E-state index contributed by atoms with van der Waals surface area (Å²) < 4.78 is 0. The summed E-state index contributed by atoms with van der Waals surface area (Å²) in [6.07, 6.45) is 2.01. The van der Waals surface area contributed by atoms with Gasteiger partial charge >= 0.3 is 0 Å². The molecular formula is C9H12O3S. The van der Waals surface area contributed by atoms with Gasteiger partial charge in [0.1, 0.15) is 5.75 Å². The number of hydrogen-bond acceptors (Lipinski definition) is 3. The molecule has 72 valence electrons. The highest BCUT2D eigenvalue weighted by atomic mass is 32.2. The molecule has 0 fully saturated rings. The van der Waals surface area contributed by atoms with E-state index in [9.17, 15) is 0 Å². The average molecular weight is 200 g/mol. The Morgan fingerprint density at radius 2 is 1.69 bits per heavy atom. The van der Waals surface area contributed by atoms with E-state index in [-0.39, 0.29) is 0 Å². The third-order valence-corrected chi connectivity index (χ3v) is 1.82. The summed E-state index contributed by atoms with van der Waals surface area (Å²) in [7, 11) is 0. The molecule has 0 unspecified atom stereocenters. The van der Waals surface area contributed by atoms with Crippen LogP contribution in [0.3, 0.4) is 0 Å². The number of benzene rings is 1. The lowest BCUT2D eigenvalue weighted by molar-refractivity contribution is -0.134. The zero-order chi connectivity index (χ0) is 10.3. The number of phenolic OH excluding ortho intramolecular Hbond substituents is 1. The van der Waals surface area contributed by atoms with Crippen LogP contribution in [0.5, 0.6) is 5.75 Å². The Balaban J connectivity index is 0.000000310. The molecule has 0 aliphatic heterocycles. The Kier molecular flexibility index (Phi) is 5.80. The second kappa shape index (κ2) is 6.37. The van der Waals surface area contributed by atoms with Gasteiger partial charge in [0.05, 0.1) is 0 Å². The van der Waals surface area contributed by atoms with Crippen LogP contribution in [0.25, 0.3) is 0 Å². The van der Waals surface area contributed by atoms with E-state index < -0.39 is 5.97 Å². The fourth-order valence-electron chi connectivity index (χ4n) is 0.582. The first kappa shape index (κ1) is 11.8. The summed E-state index contributed by atoms with van der Waals surface area (Å²) in [5.41, 5.74) is 0. The van der Waals surface area contributed by atoms with Gasteiger partial charge in [0, 0.05) is 11.8 Å². The number of thioether (sulfide) groups is 1. The van der Waals surface area contributed by atoms with Crippen molar-refractivity contribution in [1.82, 2.24) is 0 Å². The van der Waals surface area contributed by atoms with Crippen LogP contribution in [-0.4, -0.2) is 22.4 Å². The third kappa shape index (κ3) is 7.21. The summed E-state index contributed by atoms with van der Waals surface area (Å²) in [4.78, 5) is 10.2. The number of carboxylic acids is 1. The molecule has 0 radical (unpaired) electrons. The van der Waals surface area contributed by atoms with Crippen LogP contribution in [0.4, 0.5) is 0 Å². The first-order chi connectivity index (χ1) is 6.06. The monoisotopic (exact) mass is 200 g/mol. The van der Waals surface area contributed by atoms with E-state index in [0.717, 1.165) is 6.92 Å². The van der Waals surface area contributed by atoms with Crippen molar-refractivity contribution < 1.29 is 15.0 Å². The second-order valence-electron chi connectivity index (χ2n) is 2.22. The van der Waals surface area contributed by atoms with Crippen molar-refractivity contribution in [3.63, 3.8) is 0 Å². The van der Waals surface area contributed by atoms with E-state index >= 15 is 0 Å². The van der Waals surface area contributed by atoms with E-state index in [0.29, 0.717) is 5.75 Å². The van der Waals surface area contributed by atoms with Crippen LogP contribution in [0, 0.1) is 0 Å². The number of phenols is 1. The average Bonchev–Trinajstić information content (AvgIpc) is 2.05. The Morgan fingerprint density at radius 3 is 2.00 bits per heavy atom. The van der Waals surface area contributed by atoms with Crippen LogP contribution >= 0.6 is 11.8 Å². The van der Waals surface area contributed by atoms with Crippen LogP contribution in [0.1, 0.15) is 6.92 Å². The lowest BCUT2D eigenvalue weighted by Gasteiger charge is -1.93. The highest BCUT2D eigenvalue weighted by Crippen LogP contribution is 2.17. The fraction of sp³-hybridized carbons (Fsp3) is 0.222. The number of rotatable bonds is 1. The summed E-state index contributed by atoms with van der Waals surface area (Å²) in [5.74, 6) is -0.507. The van der Waals surface area contributed by atoms with E-state index in [1.54, 1.807) is 23.9 Å². The highest BCUT2D eigenvalue weighted by molar-refractivity contribution is 7.98. The molecule has 0 saturated carbocycles. The van der Waals surface area contributed by atoms with E-state index in [2.05, 4.69) is 0 Å². The van der Waals surface area contributed by atoms with Gasteiger partial charge < -0.3 is 10.2 Å². The number of carboxylic acid groups (broad SMARTS) is 1. The van der Waals surface area contributed by atoms with Crippen LogP contribution in [0.15, 0.2) is 29.2 Å². The van der Waals surface area contributed by atoms with Gasteiger partial charge in [-0.05, 0) is 30.5 Å². The molecule has 1 aromatic carbocycles. The van der Waals surface area contributed by atoms with E-state index in [4.69, 9.17) is 15.0 Å². The SMILES string of the molecule is CC(=O)O.CSc1ccc(O)cc1. The van der Waals surface area contributed by atoms with Crippen molar-refractivity contribution in [2.45, 2.75) is 11.8 Å². The van der Waals surface area contributed by atoms with E-state index in [1.165, 1.54) is 4.90 Å². The predicted molar refractivity (Wildman–Crippen MR) is 53.2 cm³/mol. The summed E-state index contributed by atoms with van der Waals surface area (Å²) in [6, 6.07) is 7.15.